The molecule has 0 fully saturated rings. The number of hydrogen-bond donors (Lipinski definition) is 2. The maximum absolute atomic E-state index is 11.5. The Kier molecular flexibility index (Phi) is 3.10. The second kappa shape index (κ2) is 4.71. The van der Waals surface area contributed by atoms with Crippen LogP contribution in [0.1, 0.15) is 16.3 Å². The minimum absolute atomic E-state index is 0.253. The first-order chi connectivity index (χ1) is 7.75. The van der Waals surface area contributed by atoms with E-state index in [4.69, 9.17) is 5.73 Å². The number of anilines is 1. The van der Waals surface area contributed by atoms with Gasteiger partial charge in [-0.1, -0.05) is 5.16 Å². The number of hydrogen-bond acceptors (Lipinski definition) is 7. The van der Waals surface area contributed by atoms with E-state index in [1.807, 2.05) is 0 Å². The predicted octanol–water partition coefficient (Wildman–Crippen LogP) is 0.0808. The quantitative estimate of drug-likeness (QED) is 0.782. The lowest BCUT2D eigenvalue weighted by Crippen LogP contribution is -2.26. The number of nitrogens with one attached hydrogen (secondary N) is 1. The maximum Gasteiger partial charge on any atom is 0.270 e. The molecule has 16 heavy (non-hydrogen) atoms. The number of nitrogens with zero attached hydrogens (tertiary/aromatic N) is 3. The van der Waals surface area contributed by atoms with Crippen molar-refractivity contribution in [2.75, 3.05) is 12.3 Å². The highest BCUT2D eigenvalue weighted by molar-refractivity contribution is 7.13. The molecule has 3 N–H and O–H groups in total. The molecule has 0 saturated carbocycles. The molecular weight excluding hydrogens is 230 g/mol. The van der Waals surface area contributed by atoms with Crippen molar-refractivity contribution in [2.45, 2.75) is 6.42 Å². The monoisotopic (exact) mass is 239 g/mol. The van der Waals surface area contributed by atoms with Gasteiger partial charge in [0.15, 0.2) is 11.0 Å². The predicted molar refractivity (Wildman–Crippen MR) is 56.9 cm³/mol. The lowest BCUT2D eigenvalue weighted by atomic mass is 10.4. The van der Waals surface area contributed by atoms with Gasteiger partial charge in [0, 0.05) is 18.3 Å². The largest absolute Gasteiger partial charge is 0.375 e. The zero-order valence-electron chi connectivity index (χ0n) is 8.21. The Morgan fingerprint density at radius 2 is 2.50 bits per heavy atom. The fraction of sp³-hybridized carbons (Fsp3) is 0.250. The van der Waals surface area contributed by atoms with E-state index < -0.39 is 0 Å². The van der Waals surface area contributed by atoms with Crippen molar-refractivity contribution in [1.82, 2.24) is 20.4 Å². The number of thiazole rings is 1. The van der Waals surface area contributed by atoms with Crippen LogP contribution in [0.4, 0.5) is 5.13 Å². The second-order valence-electron chi connectivity index (χ2n) is 2.92. The number of amides is 1. The van der Waals surface area contributed by atoms with Crippen LogP contribution in [0.3, 0.4) is 0 Å². The van der Waals surface area contributed by atoms with Gasteiger partial charge in [0.2, 0.25) is 6.39 Å². The van der Waals surface area contributed by atoms with E-state index in [1.54, 1.807) is 5.38 Å². The van der Waals surface area contributed by atoms with Crippen LogP contribution in [0.15, 0.2) is 16.3 Å². The molecule has 0 unspecified atom stereocenters. The fourth-order valence-electron chi connectivity index (χ4n) is 1.07. The van der Waals surface area contributed by atoms with Crippen LogP contribution < -0.4 is 11.1 Å². The summed E-state index contributed by atoms with van der Waals surface area (Å²) in [7, 11) is 0. The van der Waals surface area contributed by atoms with Crippen molar-refractivity contribution in [1.29, 1.82) is 0 Å². The summed E-state index contributed by atoms with van der Waals surface area (Å²) in [6.07, 6.45) is 1.76. The van der Waals surface area contributed by atoms with Crippen molar-refractivity contribution in [3.8, 4) is 0 Å². The molecule has 8 heteroatoms. The smallest absolute Gasteiger partial charge is 0.270 e. The summed E-state index contributed by atoms with van der Waals surface area (Å²) in [5.41, 5.74) is 5.75. The van der Waals surface area contributed by atoms with E-state index in [9.17, 15) is 4.79 Å². The first kappa shape index (κ1) is 10.6. The Morgan fingerprint density at radius 1 is 1.62 bits per heavy atom. The Morgan fingerprint density at radius 3 is 3.12 bits per heavy atom. The number of nitrogens with two attached hydrogens (primary N) is 1. The molecule has 0 bridgehead atoms. The van der Waals surface area contributed by atoms with Crippen molar-refractivity contribution >= 4 is 22.4 Å². The van der Waals surface area contributed by atoms with Crippen LogP contribution in [0.25, 0.3) is 0 Å². The van der Waals surface area contributed by atoms with Gasteiger partial charge in [-0.05, 0) is 0 Å². The van der Waals surface area contributed by atoms with Crippen molar-refractivity contribution in [2.24, 2.45) is 0 Å². The molecule has 0 aromatic carbocycles. The van der Waals surface area contributed by atoms with Gasteiger partial charge in [0.05, 0.1) is 0 Å². The molecule has 1 amide bonds. The van der Waals surface area contributed by atoms with E-state index in [0.29, 0.717) is 29.6 Å². The summed E-state index contributed by atoms with van der Waals surface area (Å²) in [5, 5.41) is 8.29. The highest BCUT2D eigenvalue weighted by atomic mass is 32.1. The molecular formula is C8H9N5O2S. The molecule has 0 radical (unpaired) electrons. The summed E-state index contributed by atoms with van der Waals surface area (Å²) < 4.78 is 4.56. The van der Waals surface area contributed by atoms with Gasteiger partial charge in [-0.25, -0.2) is 4.98 Å². The van der Waals surface area contributed by atoms with Crippen LogP contribution >= 0.6 is 11.3 Å². The van der Waals surface area contributed by atoms with Gasteiger partial charge in [-0.15, -0.1) is 11.3 Å². The SMILES string of the molecule is Nc1nc(C(=O)NCCc2ncon2)cs1. The molecule has 7 nitrogen and oxygen atoms in total. The van der Waals surface area contributed by atoms with Gasteiger partial charge < -0.3 is 15.6 Å². The van der Waals surface area contributed by atoms with Crippen LogP contribution in [0.5, 0.6) is 0 Å². The molecule has 84 valence electrons. The molecule has 0 spiro atoms. The van der Waals surface area contributed by atoms with Crippen LogP contribution in [-0.2, 0) is 6.42 Å². The number of nitrogen functional groups attached to an aromatic ring is 1. The highest BCUT2D eigenvalue weighted by Gasteiger charge is 2.09. The maximum atomic E-state index is 11.5. The molecule has 2 aromatic rings. The third-order valence-electron chi connectivity index (χ3n) is 1.80. The average molecular weight is 239 g/mol. The van der Waals surface area contributed by atoms with Crippen molar-refractivity contribution in [3.05, 3.63) is 23.3 Å². The number of carbonyl (C=O) groups is 1. The molecule has 2 aromatic heterocycles. The first-order valence-corrected chi connectivity index (χ1v) is 5.38. The van der Waals surface area contributed by atoms with Crippen molar-refractivity contribution < 1.29 is 9.32 Å². The molecule has 0 atom stereocenters. The lowest BCUT2D eigenvalue weighted by Gasteiger charge is -1.99. The van der Waals surface area contributed by atoms with E-state index >= 15 is 0 Å². The topological polar surface area (TPSA) is 107 Å². The average Bonchev–Trinajstić information content (AvgIpc) is 2.89. The standard InChI is InChI=1S/C8H9N5O2S/c9-8-12-5(3-16-8)7(14)10-2-1-6-11-4-15-13-6/h3-4H,1-2H2,(H2,9,12)(H,10,14). The molecule has 0 saturated heterocycles. The summed E-state index contributed by atoms with van der Waals surface area (Å²) in [6.45, 7) is 0.426. The normalized spacial score (nSPS) is 10.2. The van der Waals surface area contributed by atoms with E-state index in [2.05, 4.69) is 25.0 Å². The first-order valence-electron chi connectivity index (χ1n) is 4.50. The fourth-order valence-corrected chi connectivity index (χ4v) is 1.62. The molecule has 0 aliphatic carbocycles. The minimum Gasteiger partial charge on any atom is -0.375 e. The number of rotatable bonds is 4. The molecule has 0 aliphatic rings. The third-order valence-corrected chi connectivity index (χ3v) is 2.47. The summed E-state index contributed by atoms with van der Waals surface area (Å²) in [6, 6.07) is 0. The van der Waals surface area contributed by atoms with Gasteiger partial charge in [0.25, 0.3) is 5.91 Å². The number of aromatic nitrogens is 3. The zero-order chi connectivity index (χ0) is 11.4. The third kappa shape index (κ3) is 2.54. The van der Waals surface area contributed by atoms with E-state index in [-0.39, 0.29) is 5.91 Å². The summed E-state index contributed by atoms with van der Waals surface area (Å²) >= 11 is 1.23. The van der Waals surface area contributed by atoms with Crippen LogP contribution in [0, 0.1) is 0 Å². The second-order valence-corrected chi connectivity index (χ2v) is 3.81. The van der Waals surface area contributed by atoms with E-state index in [0.717, 1.165) is 0 Å². The molecule has 0 aliphatic heterocycles. The molecule has 2 heterocycles. The summed E-state index contributed by atoms with van der Waals surface area (Å²) in [4.78, 5) is 19.2. The Balaban J connectivity index is 1.80. The molecule has 2 rings (SSSR count). The Labute approximate surface area is 94.7 Å². The number of carbonyl (C=O) groups excluding carboxylic acids is 1. The zero-order valence-corrected chi connectivity index (χ0v) is 9.03. The summed E-state index contributed by atoms with van der Waals surface area (Å²) in [5.74, 6) is 0.300. The highest BCUT2D eigenvalue weighted by Crippen LogP contribution is 2.10. The van der Waals surface area contributed by atoms with Gasteiger partial charge in [-0.2, -0.15) is 4.98 Å². The van der Waals surface area contributed by atoms with E-state index in [1.165, 1.54) is 17.7 Å². The van der Waals surface area contributed by atoms with Gasteiger partial charge >= 0.3 is 0 Å². The Hall–Kier alpha value is -1.96. The van der Waals surface area contributed by atoms with Crippen LogP contribution in [-0.4, -0.2) is 27.6 Å². The lowest BCUT2D eigenvalue weighted by molar-refractivity contribution is 0.0949. The van der Waals surface area contributed by atoms with Gasteiger partial charge in [-0.3, -0.25) is 4.79 Å². The van der Waals surface area contributed by atoms with Gasteiger partial charge in [0.1, 0.15) is 5.69 Å². The Bertz CT molecular complexity index is 466. The van der Waals surface area contributed by atoms with Crippen LogP contribution in [0.2, 0.25) is 0 Å². The van der Waals surface area contributed by atoms with Crippen molar-refractivity contribution in [3.63, 3.8) is 0 Å². The minimum atomic E-state index is -0.253.